The maximum Gasteiger partial charge on any atom is 0.321 e. The topological polar surface area (TPSA) is 81.0 Å². The van der Waals surface area contributed by atoms with Crippen molar-refractivity contribution in [3.63, 3.8) is 0 Å². The van der Waals surface area contributed by atoms with Gasteiger partial charge in [0.2, 0.25) is 5.95 Å². The maximum atomic E-state index is 14.0. The Kier molecular flexibility index (Phi) is 6.75. The molecule has 15 heteroatoms. The molecule has 3 heterocycles. The number of nitrogens with one attached hydrogen (secondary N) is 1. The molecule has 1 aromatic carbocycles. The molecule has 8 nitrogen and oxygen atoms in total. The highest BCUT2D eigenvalue weighted by atomic mass is 35.5. The summed E-state index contributed by atoms with van der Waals surface area (Å²) < 4.78 is 21.9. The van der Waals surface area contributed by atoms with Crippen LogP contribution in [0, 0.1) is 24.6 Å². The van der Waals surface area contributed by atoms with Crippen LogP contribution in [0.1, 0.15) is 18.5 Å². The lowest BCUT2D eigenvalue weighted by molar-refractivity contribution is 0.372. The van der Waals surface area contributed by atoms with Gasteiger partial charge in [0.1, 0.15) is 39.4 Å². The van der Waals surface area contributed by atoms with Crippen molar-refractivity contribution >= 4 is 62.6 Å². The lowest BCUT2D eigenvalue weighted by Gasteiger charge is -2.40. The Bertz CT molecular complexity index is 1270. The lowest BCUT2D eigenvalue weighted by Crippen LogP contribution is -2.49. The molecule has 0 spiro atoms. The summed E-state index contributed by atoms with van der Waals surface area (Å²) in [6.45, 7) is 3.83. The monoisotopic (exact) mass is 517 g/mol. The van der Waals surface area contributed by atoms with Gasteiger partial charge in [-0.05, 0) is 49.1 Å². The summed E-state index contributed by atoms with van der Waals surface area (Å²) in [6.07, 6.45) is 3.92. The number of hydrogen-bond donors (Lipinski definition) is 1. The average molecular weight is 517 g/mol. The van der Waals surface area contributed by atoms with Gasteiger partial charge in [0.15, 0.2) is 0 Å². The van der Waals surface area contributed by atoms with Crippen LogP contribution in [-0.2, 0) is 5.34 Å². The number of halogens is 2. The summed E-state index contributed by atoms with van der Waals surface area (Å²) in [5, 5.41) is 8.17. The van der Waals surface area contributed by atoms with E-state index in [-0.39, 0.29) is 21.9 Å². The lowest BCUT2D eigenvalue weighted by atomic mass is 9.26. The van der Waals surface area contributed by atoms with Gasteiger partial charge in [-0.3, -0.25) is 0 Å². The van der Waals surface area contributed by atoms with Crippen LogP contribution in [0.25, 0.3) is 0 Å². The Labute approximate surface area is 226 Å². The minimum absolute atomic E-state index is 0.157. The fraction of sp³-hybridized carbons (Fsp3) is 0.455. The molecule has 0 unspecified atom stereocenters. The van der Waals surface area contributed by atoms with Gasteiger partial charge in [-0.15, -0.1) is 10.2 Å². The Morgan fingerprint density at radius 1 is 1.05 bits per heavy atom. The van der Waals surface area contributed by atoms with Crippen LogP contribution in [0.5, 0.6) is 11.8 Å². The van der Waals surface area contributed by atoms with Crippen molar-refractivity contribution in [3.05, 3.63) is 47.1 Å². The van der Waals surface area contributed by atoms with Crippen molar-refractivity contribution in [2.75, 3.05) is 23.3 Å². The molecule has 1 aliphatic heterocycles. The fourth-order valence-electron chi connectivity index (χ4n) is 5.21. The summed E-state index contributed by atoms with van der Waals surface area (Å²) in [5.41, 5.74) is 0.973. The highest BCUT2D eigenvalue weighted by molar-refractivity contribution is 6.66. The molecule has 0 amide bonds. The number of aryl methyl sites for hydroxylation is 1. The van der Waals surface area contributed by atoms with Crippen LogP contribution >= 0.6 is 11.6 Å². The summed E-state index contributed by atoms with van der Waals surface area (Å²) in [5.74, 6) is 2.21. The molecule has 37 heavy (non-hydrogen) atoms. The van der Waals surface area contributed by atoms with Crippen LogP contribution < -0.4 is 15.0 Å². The molecule has 0 radical (unpaired) electrons. The number of hydrogen-bond acceptors (Lipinski definition) is 7. The first kappa shape index (κ1) is 26.0. The second kappa shape index (κ2) is 9.60. The number of benzene rings is 1. The van der Waals surface area contributed by atoms with E-state index in [1.165, 1.54) is 12.1 Å². The number of piperidine rings is 1. The molecule has 3 atom stereocenters. The van der Waals surface area contributed by atoms with E-state index in [1.54, 1.807) is 17.1 Å². The second-order valence-corrected chi connectivity index (χ2v) is 12.3. The van der Waals surface area contributed by atoms with E-state index in [9.17, 15) is 4.39 Å². The van der Waals surface area contributed by atoms with Gasteiger partial charge in [-0.1, -0.05) is 11.6 Å². The molecule has 188 valence electrons. The normalized spacial score (nSPS) is 21.7. The van der Waals surface area contributed by atoms with Crippen molar-refractivity contribution in [2.45, 2.75) is 36.3 Å². The van der Waals surface area contributed by atoms with Crippen LogP contribution in [-0.4, -0.2) is 83.1 Å². The number of rotatable bonds is 7. The quantitative estimate of drug-likeness (QED) is 0.409. The zero-order valence-electron chi connectivity index (χ0n) is 22.3. The highest BCUT2D eigenvalue weighted by Crippen LogP contribution is 2.41. The molecular formula is C22H30B5ClFN7O. The minimum atomic E-state index is -0.468. The van der Waals surface area contributed by atoms with E-state index in [0.717, 1.165) is 37.4 Å². The largest absolute Gasteiger partial charge is 0.424 e. The maximum absolute atomic E-state index is 14.0. The summed E-state index contributed by atoms with van der Waals surface area (Å²) in [4.78, 5) is 15.8. The third kappa shape index (κ3) is 5.22. The second-order valence-electron chi connectivity index (χ2n) is 11.8. The van der Waals surface area contributed by atoms with E-state index in [0.29, 0.717) is 23.8 Å². The van der Waals surface area contributed by atoms with Gasteiger partial charge in [0, 0.05) is 42.0 Å². The Morgan fingerprint density at radius 3 is 2.38 bits per heavy atom. The standard InChI is InChI=1S/C22H30B5ClFN7O/c1-11-4-17(31-10-30-11)35-8-12-2-3-13(9-35)18(12)32-19-33-20(36(34-19)22(26,27)21(23,24)25)37-16-6-14(28)5-15(29)7-16/h4-7,10,12-13,18H,2-3,8-9,23-27H2,1H3,(H,32,34)/t12-,13+,18-. The van der Waals surface area contributed by atoms with Gasteiger partial charge in [-0.2, -0.15) is 4.98 Å². The van der Waals surface area contributed by atoms with E-state index >= 15 is 0 Å². The van der Waals surface area contributed by atoms with E-state index in [2.05, 4.69) is 59.4 Å². The first-order valence-corrected chi connectivity index (χ1v) is 13.2. The molecule has 2 aliphatic rings. The number of aromatic nitrogens is 5. The van der Waals surface area contributed by atoms with Crippen LogP contribution in [0.15, 0.2) is 30.6 Å². The first-order chi connectivity index (χ1) is 17.4. The minimum Gasteiger partial charge on any atom is -0.424 e. The highest BCUT2D eigenvalue weighted by Gasteiger charge is 2.44. The Balaban J connectivity index is 1.41. The van der Waals surface area contributed by atoms with Gasteiger partial charge in [0.25, 0.3) is 0 Å². The molecule has 2 aromatic heterocycles. The first-order valence-electron chi connectivity index (χ1n) is 12.8. The van der Waals surface area contributed by atoms with Gasteiger partial charge < -0.3 is 15.0 Å². The van der Waals surface area contributed by atoms with Gasteiger partial charge >= 0.3 is 6.01 Å². The molecule has 3 aromatic rings. The molecular weight excluding hydrogens is 487 g/mol. The van der Waals surface area contributed by atoms with E-state index in [1.807, 2.05) is 13.0 Å². The number of anilines is 2. The predicted octanol–water partition coefficient (Wildman–Crippen LogP) is -0.862. The van der Waals surface area contributed by atoms with Gasteiger partial charge in [0.05, 0.1) is 23.5 Å². The van der Waals surface area contributed by atoms with Crippen LogP contribution in [0.3, 0.4) is 0 Å². The van der Waals surface area contributed by atoms with Crippen molar-refractivity contribution < 1.29 is 9.13 Å². The summed E-state index contributed by atoms with van der Waals surface area (Å²) >= 11 is 6.07. The number of fused-ring (bicyclic) bond motifs is 2. The SMILES string of the molecule is BC(B)(B)C(B)(B)n1nc(N[C@@H]2[C@@H]3CC[C@H]2CN(c2cc(C)ncn2)C3)nc1Oc1cc(F)cc(Cl)c1. The van der Waals surface area contributed by atoms with Crippen molar-refractivity contribution in [1.29, 1.82) is 0 Å². The molecule has 1 aliphatic carbocycles. The molecule has 2 fully saturated rings. The van der Waals surface area contributed by atoms with E-state index < -0.39 is 11.2 Å². The third-order valence-electron chi connectivity index (χ3n) is 8.23. The smallest absolute Gasteiger partial charge is 0.321 e. The zero-order valence-corrected chi connectivity index (χ0v) is 23.1. The number of nitrogens with zero attached hydrogens (tertiary/aromatic N) is 6. The van der Waals surface area contributed by atoms with Crippen molar-refractivity contribution in [1.82, 2.24) is 24.7 Å². The van der Waals surface area contributed by atoms with Crippen LogP contribution in [0.2, 0.25) is 10.1 Å². The molecule has 1 saturated carbocycles. The van der Waals surface area contributed by atoms with Crippen LogP contribution in [0.4, 0.5) is 16.2 Å². The predicted molar refractivity (Wildman–Crippen MR) is 157 cm³/mol. The van der Waals surface area contributed by atoms with E-state index in [4.69, 9.17) is 26.4 Å². The molecule has 2 bridgehead atoms. The third-order valence-corrected chi connectivity index (χ3v) is 8.45. The Morgan fingerprint density at radius 2 is 1.76 bits per heavy atom. The molecule has 1 saturated heterocycles. The van der Waals surface area contributed by atoms with Gasteiger partial charge in [-0.25, -0.2) is 19.0 Å². The Hall–Kier alpha value is -2.62. The summed E-state index contributed by atoms with van der Waals surface area (Å²) in [6, 6.07) is 6.72. The summed E-state index contributed by atoms with van der Waals surface area (Å²) in [7, 11) is 10.6. The zero-order chi connectivity index (χ0) is 26.5. The van der Waals surface area contributed by atoms with Crippen molar-refractivity contribution in [3.8, 4) is 11.8 Å². The molecule has 1 N–H and O–H groups in total. The van der Waals surface area contributed by atoms with Crippen molar-refractivity contribution in [2.24, 2.45) is 11.8 Å². The molecule has 5 rings (SSSR count). The fourth-order valence-corrected chi connectivity index (χ4v) is 5.42. The average Bonchev–Trinajstić information content (AvgIpc) is 3.28. The number of ether oxygens (including phenoxy) is 1.